The molecule has 0 saturated heterocycles. The first-order valence-corrected chi connectivity index (χ1v) is 10.9. The number of nitrogens with zero attached hydrogens (tertiary/aromatic N) is 2. The minimum atomic E-state index is -0.688. The van der Waals surface area contributed by atoms with Crippen LogP contribution in [-0.2, 0) is 13.2 Å². The minimum Gasteiger partial charge on any atom is -0.490 e. The Morgan fingerprint density at radius 1 is 0.875 bits per heavy atom. The van der Waals surface area contributed by atoms with Gasteiger partial charge in [-0.25, -0.2) is 4.98 Å². The largest absolute Gasteiger partial charge is 0.490 e. The molecule has 32 heavy (non-hydrogen) atoms. The number of benzene rings is 3. The minimum absolute atomic E-state index is 0.204. The Hall–Kier alpha value is -3.31. The molecule has 166 valence electrons. The van der Waals surface area contributed by atoms with Gasteiger partial charge in [-0.15, -0.1) is 0 Å². The van der Waals surface area contributed by atoms with Crippen molar-refractivity contribution in [2.75, 3.05) is 6.61 Å². The number of aryl methyl sites for hydroxylation is 4. The van der Waals surface area contributed by atoms with Gasteiger partial charge in [-0.05, 0) is 62.6 Å². The molecular weight excluding hydrogens is 400 g/mol. The van der Waals surface area contributed by atoms with E-state index in [1.807, 2.05) is 79.9 Å². The van der Waals surface area contributed by atoms with Crippen LogP contribution in [0.15, 0.2) is 60.7 Å². The predicted molar refractivity (Wildman–Crippen MR) is 127 cm³/mol. The van der Waals surface area contributed by atoms with Crippen molar-refractivity contribution in [2.45, 2.75) is 47.0 Å². The first kappa shape index (κ1) is 21.9. The number of fused-ring (bicyclic) bond motifs is 1. The van der Waals surface area contributed by atoms with Crippen LogP contribution in [0.2, 0.25) is 0 Å². The molecule has 0 saturated carbocycles. The lowest BCUT2D eigenvalue weighted by atomic mass is 10.1. The molecule has 0 aliphatic rings. The Kier molecular flexibility index (Phi) is 6.47. The topological polar surface area (TPSA) is 56.5 Å². The molecule has 5 nitrogen and oxygen atoms in total. The van der Waals surface area contributed by atoms with Crippen molar-refractivity contribution in [1.29, 1.82) is 0 Å². The second-order valence-corrected chi connectivity index (χ2v) is 8.37. The van der Waals surface area contributed by atoms with Gasteiger partial charge in [-0.3, -0.25) is 0 Å². The average molecular weight is 431 g/mol. The number of imidazole rings is 1. The molecule has 0 radical (unpaired) electrons. The molecule has 3 aromatic carbocycles. The van der Waals surface area contributed by atoms with E-state index in [9.17, 15) is 5.11 Å². The normalized spacial score (nSPS) is 12.2. The van der Waals surface area contributed by atoms with E-state index in [1.165, 1.54) is 5.56 Å². The van der Waals surface area contributed by atoms with Crippen molar-refractivity contribution < 1.29 is 14.6 Å². The maximum Gasteiger partial charge on any atom is 0.148 e. The van der Waals surface area contributed by atoms with Crippen LogP contribution < -0.4 is 9.47 Å². The lowest BCUT2D eigenvalue weighted by Gasteiger charge is -2.18. The van der Waals surface area contributed by atoms with Crippen molar-refractivity contribution in [2.24, 2.45) is 0 Å². The molecule has 0 fully saturated rings. The summed E-state index contributed by atoms with van der Waals surface area (Å²) in [5.74, 6) is 2.45. The number of aliphatic hydroxyl groups is 1. The number of aliphatic hydroxyl groups excluding tert-OH is 1. The molecule has 1 aromatic heterocycles. The fraction of sp³-hybridized carbons (Fsp3) is 0.296. The van der Waals surface area contributed by atoms with Crippen LogP contribution >= 0.6 is 0 Å². The van der Waals surface area contributed by atoms with Crippen molar-refractivity contribution in [3.05, 3.63) is 88.7 Å². The summed E-state index contributed by atoms with van der Waals surface area (Å²) in [4.78, 5) is 4.76. The highest BCUT2D eigenvalue weighted by molar-refractivity contribution is 5.75. The third-order valence-corrected chi connectivity index (χ3v) is 5.64. The molecule has 0 bridgehead atoms. The lowest BCUT2D eigenvalue weighted by Crippen LogP contribution is -2.25. The number of para-hydroxylation sites is 3. The fourth-order valence-corrected chi connectivity index (χ4v) is 4.01. The smallest absolute Gasteiger partial charge is 0.148 e. The average Bonchev–Trinajstić information content (AvgIpc) is 3.10. The molecule has 0 aliphatic carbocycles. The molecule has 0 spiro atoms. The van der Waals surface area contributed by atoms with E-state index in [0.717, 1.165) is 45.0 Å². The van der Waals surface area contributed by atoms with E-state index >= 15 is 0 Å². The highest BCUT2D eigenvalue weighted by Gasteiger charge is 2.16. The Labute approximate surface area is 189 Å². The summed E-state index contributed by atoms with van der Waals surface area (Å²) < 4.78 is 14.1. The molecule has 5 heteroatoms. The summed E-state index contributed by atoms with van der Waals surface area (Å²) in [6, 6.07) is 20.1. The van der Waals surface area contributed by atoms with Crippen LogP contribution in [0, 0.1) is 27.7 Å². The maximum atomic E-state index is 10.8. The molecule has 0 aliphatic heterocycles. The molecule has 4 rings (SSSR count). The molecule has 1 N–H and O–H groups in total. The molecule has 1 atom stereocenters. The Balaban J connectivity index is 1.52. The van der Waals surface area contributed by atoms with E-state index in [0.29, 0.717) is 13.2 Å². The Bertz CT molecular complexity index is 1210. The van der Waals surface area contributed by atoms with Gasteiger partial charge in [0.25, 0.3) is 0 Å². The van der Waals surface area contributed by atoms with Crippen LogP contribution in [0.1, 0.15) is 28.1 Å². The number of hydrogen-bond acceptors (Lipinski definition) is 4. The zero-order chi connectivity index (χ0) is 22.7. The molecule has 1 heterocycles. The quantitative estimate of drug-likeness (QED) is 0.413. The van der Waals surface area contributed by atoms with Gasteiger partial charge >= 0.3 is 0 Å². The van der Waals surface area contributed by atoms with Crippen molar-refractivity contribution in [1.82, 2.24) is 9.55 Å². The van der Waals surface area contributed by atoms with E-state index in [2.05, 4.69) is 13.0 Å². The third-order valence-electron chi connectivity index (χ3n) is 5.64. The van der Waals surface area contributed by atoms with Gasteiger partial charge < -0.3 is 19.1 Å². The summed E-state index contributed by atoms with van der Waals surface area (Å²) in [5.41, 5.74) is 6.27. The summed E-state index contributed by atoms with van der Waals surface area (Å²) in [7, 11) is 0. The van der Waals surface area contributed by atoms with Crippen molar-refractivity contribution in [3.63, 3.8) is 0 Å². The zero-order valence-electron chi connectivity index (χ0n) is 19.1. The SMILES string of the molecule is Cc1ccc(OCc2nc3ccccc3n2CC(O)COc2c(C)cccc2C)c(C)c1. The lowest BCUT2D eigenvalue weighted by molar-refractivity contribution is 0.0911. The third kappa shape index (κ3) is 4.78. The number of aromatic nitrogens is 2. The van der Waals surface area contributed by atoms with Crippen LogP contribution in [0.5, 0.6) is 11.5 Å². The van der Waals surface area contributed by atoms with Gasteiger partial charge in [0.1, 0.15) is 36.6 Å². The van der Waals surface area contributed by atoms with Gasteiger partial charge in [0.2, 0.25) is 0 Å². The van der Waals surface area contributed by atoms with Gasteiger partial charge in [0.15, 0.2) is 0 Å². The highest BCUT2D eigenvalue weighted by atomic mass is 16.5. The number of ether oxygens (including phenoxy) is 2. The standard InChI is InChI=1S/C27H30N2O3/c1-18-12-13-25(21(4)14-18)31-17-26-28-23-10-5-6-11-24(23)29(26)15-22(30)16-32-27-19(2)8-7-9-20(27)3/h5-14,22,30H,15-17H2,1-4H3. The second kappa shape index (κ2) is 9.45. The number of hydrogen-bond donors (Lipinski definition) is 1. The van der Waals surface area contributed by atoms with E-state index in [1.54, 1.807) is 0 Å². The summed E-state index contributed by atoms with van der Waals surface area (Å²) in [5, 5.41) is 10.8. The van der Waals surface area contributed by atoms with Gasteiger partial charge in [0, 0.05) is 0 Å². The van der Waals surface area contributed by atoms with Crippen molar-refractivity contribution in [3.8, 4) is 11.5 Å². The van der Waals surface area contributed by atoms with E-state index in [-0.39, 0.29) is 6.61 Å². The molecular formula is C27H30N2O3. The molecule has 0 amide bonds. The number of rotatable bonds is 8. The van der Waals surface area contributed by atoms with Gasteiger partial charge in [0.05, 0.1) is 17.6 Å². The van der Waals surface area contributed by atoms with Crippen molar-refractivity contribution >= 4 is 11.0 Å². The fourth-order valence-electron chi connectivity index (χ4n) is 4.01. The summed E-state index contributed by atoms with van der Waals surface area (Å²) in [6.45, 7) is 9.04. The zero-order valence-corrected chi connectivity index (χ0v) is 19.1. The van der Waals surface area contributed by atoms with Crippen LogP contribution in [0.3, 0.4) is 0 Å². The van der Waals surface area contributed by atoms with Crippen LogP contribution in [0.4, 0.5) is 0 Å². The first-order chi connectivity index (χ1) is 15.4. The monoisotopic (exact) mass is 430 g/mol. The van der Waals surface area contributed by atoms with Crippen LogP contribution in [-0.4, -0.2) is 27.4 Å². The van der Waals surface area contributed by atoms with Gasteiger partial charge in [-0.1, -0.05) is 48.0 Å². The summed E-state index contributed by atoms with van der Waals surface area (Å²) >= 11 is 0. The first-order valence-electron chi connectivity index (χ1n) is 10.9. The second-order valence-electron chi connectivity index (χ2n) is 8.37. The van der Waals surface area contributed by atoms with E-state index in [4.69, 9.17) is 14.5 Å². The molecule has 4 aromatic rings. The maximum absolute atomic E-state index is 10.8. The Morgan fingerprint density at radius 3 is 2.38 bits per heavy atom. The van der Waals surface area contributed by atoms with Crippen LogP contribution in [0.25, 0.3) is 11.0 Å². The van der Waals surface area contributed by atoms with Gasteiger partial charge in [-0.2, -0.15) is 0 Å². The predicted octanol–water partition coefficient (Wildman–Crippen LogP) is 5.29. The van der Waals surface area contributed by atoms with E-state index < -0.39 is 6.10 Å². The Morgan fingerprint density at radius 2 is 1.62 bits per heavy atom. The molecule has 1 unspecified atom stereocenters. The highest BCUT2D eigenvalue weighted by Crippen LogP contribution is 2.24. The summed E-state index contributed by atoms with van der Waals surface area (Å²) in [6.07, 6.45) is -0.688.